The number of rotatable bonds is 6. The van der Waals surface area contributed by atoms with Gasteiger partial charge in [-0.3, -0.25) is 0 Å². The molecule has 0 amide bonds. The molecule has 0 radical (unpaired) electrons. The average molecular weight is 270 g/mol. The van der Waals surface area contributed by atoms with Crippen molar-refractivity contribution in [2.45, 2.75) is 26.2 Å². The maximum Gasteiger partial charge on any atom is 1.00 e. The maximum atomic E-state index is 12.6. The fourth-order valence-electron chi connectivity index (χ4n) is 1.42. The van der Waals surface area contributed by atoms with Gasteiger partial charge >= 0.3 is 58.4 Å². The summed E-state index contributed by atoms with van der Waals surface area (Å²) in [6.45, 7) is -2.61. The van der Waals surface area contributed by atoms with Crippen LogP contribution in [0.5, 0.6) is 5.75 Å². The summed E-state index contributed by atoms with van der Waals surface area (Å²) >= 11 is 0. The Morgan fingerprint density at radius 2 is 1.76 bits per heavy atom. The number of hydrogen-bond donors (Lipinski definition) is 0. The first kappa shape index (κ1) is 17.5. The van der Waals surface area contributed by atoms with Crippen LogP contribution in [0.15, 0.2) is 24.3 Å². The Morgan fingerprint density at radius 1 is 1.12 bits per heavy atom. The van der Waals surface area contributed by atoms with Crippen molar-refractivity contribution >= 4 is 12.4 Å². The summed E-state index contributed by atoms with van der Waals surface area (Å²) in [5.41, 5.74) is -0.640. The summed E-state index contributed by atoms with van der Waals surface area (Å²) in [5.74, 6) is -0.0499. The van der Waals surface area contributed by atoms with Crippen molar-refractivity contribution in [1.82, 2.24) is 0 Å². The Labute approximate surface area is 143 Å². The zero-order valence-corrected chi connectivity index (χ0v) is 13.4. The van der Waals surface area contributed by atoms with Gasteiger partial charge in [-0.05, 0) is 12.5 Å². The van der Waals surface area contributed by atoms with Gasteiger partial charge in [0.15, 0.2) is 0 Å². The van der Waals surface area contributed by atoms with Crippen LogP contribution in [0, 0.1) is 0 Å². The second-order valence-corrected chi connectivity index (χ2v) is 3.67. The molecule has 1 aromatic rings. The van der Waals surface area contributed by atoms with E-state index in [1.165, 1.54) is 12.1 Å². The molecule has 1 rings (SSSR count). The van der Waals surface area contributed by atoms with Gasteiger partial charge < -0.3 is 17.7 Å². The van der Waals surface area contributed by atoms with Crippen LogP contribution in [0.4, 0.5) is 12.9 Å². The molecule has 0 N–H and O–H groups in total. The molecule has 90 valence electrons. The van der Waals surface area contributed by atoms with Gasteiger partial charge in [0.05, 0.1) is 12.4 Å². The molecule has 6 heteroatoms. The van der Waals surface area contributed by atoms with Crippen molar-refractivity contribution in [2.75, 3.05) is 6.61 Å². The van der Waals surface area contributed by atoms with Crippen LogP contribution in [0.3, 0.4) is 0 Å². The standard InChI is InChI=1S/C11H15BF3O.K/c1-2-3-6-9-16-11-8-5-4-7-10(11)12(13,14)15;/h4-5,7-8H,2-3,6,9H2,1H3;/q-1;+1. The van der Waals surface area contributed by atoms with Gasteiger partial charge in [0.25, 0.3) is 0 Å². The number of unbranched alkanes of at least 4 members (excludes halogenated alkanes) is 2. The van der Waals surface area contributed by atoms with Crippen molar-refractivity contribution in [3.8, 4) is 5.75 Å². The van der Waals surface area contributed by atoms with Crippen molar-refractivity contribution in [3.05, 3.63) is 24.3 Å². The van der Waals surface area contributed by atoms with Gasteiger partial charge in [-0.2, -0.15) is 0 Å². The minimum atomic E-state index is -4.99. The van der Waals surface area contributed by atoms with E-state index in [1.54, 1.807) is 6.07 Å². The smallest absolute Gasteiger partial charge is 0.497 e. The first-order chi connectivity index (χ1) is 7.55. The molecule has 0 aliphatic rings. The predicted molar refractivity (Wildman–Crippen MR) is 60.2 cm³/mol. The number of para-hydroxylation sites is 1. The second kappa shape index (κ2) is 8.59. The van der Waals surface area contributed by atoms with E-state index in [2.05, 4.69) is 0 Å². The van der Waals surface area contributed by atoms with Crippen LogP contribution < -0.4 is 61.6 Å². The molecule has 0 bridgehead atoms. The predicted octanol–water partition coefficient (Wildman–Crippen LogP) is 0.314. The summed E-state index contributed by atoms with van der Waals surface area (Å²) in [4.78, 5) is 0. The molecule has 0 heterocycles. The van der Waals surface area contributed by atoms with Crippen molar-refractivity contribution in [1.29, 1.82) is 0 Å². The molecule has 0 aliphatic heterocycles. The average Bonchev–Trinajstić information content (AvgIpc) is 2.24. The number of benzene rings is 1. The molecule has 17 heavy (non-hydrogen) atoms. The van der Waals surface area contributed by atoms with Crippen LogP contribution >= 0.6 is 0 Å². The summed E-state index contributed by atoms with van der Waals surface area (Å²) in [6, 6.07) is 5.37. The normalized spacial score (nSPS) is 10.8. The molecule has 0 aromatic heterocycles. The topological polar surface area (TPSA) is 9.23 Å². The second-order valence-electron chi connectivity index (χ2n) is 3.67. The largest absolute Gasteiger partial charge is 1.00 e. The molecule has 1 nitrogen and oxygen atoms in total. The molecular weight excluding hydrogens is 255 g/mol. The molecular formula is C11H15BF3KO. The van der Waals surface area contributed by atoms with Gasteiger partial charge in [-0.1, -0.05) is 43.4 Å². The quantitative estimate of drug-likeness (QED) is 0.534. The number of hydrogen-bond acceptors (Lipinski definition) is 1. The minimum absolute atomic E-state index is 0. The van der Waals surface area contributed by atoms with E-state index in [-0.39, 0.29) is 57.1 Å². The Hall–Kier alpha value is 0.511. The molecule has 0 spiro atoms. The van der Waals surface area contributed by atoms with E-state index in [1.807, 2.05) is 6.92 Å². The maximum absolute atomic E-state index is 12.6. The van der Waals surface area contributed by atoms with Gasteiger partial charge in [-0.25, -0.2) is 0 Å². The van der Waals surface area contributed by atoms with Gasteiger partial charge in [-0.15, -0.1) is 0 Å². The van der Waals surface area contributed by atoms with Crippen molar-refractivity contribution in [3.63, 3.8) is 0 Å². The molecule has 0 aliphatic carbocycles. The zero-order valence-electron chi connectivity index (χ0n) is 10.3. The molecule has 0 unspecified atom stereocenters. The van der Waals surface area contributed by atoms with Gasteiger partial charge in [0, 0.05) is 0 Å². The zero-order chi connectivity index (χ0) is 12.0. The van der Waals surface area contributed by atoms with E-state index in [0.717, 1.165) is 25.3 Å². The SMILES string of the molecule is CCCCCOc1ccccc1[B-](F)(F)F.[K+]. The Kier molecular flexibility index (Phi) is 8.84. The number of halogens is 3. The van der Waals surface area contributed by atoms with Crippen LogP contribution in [-0.2, 0) is 0 Å². The van der Waals surface area contributed by atoms with Crippen LogP contribution in [0.25, 0.3) is 0 Å². The summed E-state index contributed by atoms with van der Waals surface area (Å²) in [6.07, 6.45) is 2.78. The molecule has 0 fully saturated rings. The Balaban J connectivity index is 0.00000256. The Morgan fingerprint density at radius 3 is 2.35 bits per heavy atom. The first-order valence-electron chi connectivity index (χ1n) is 5.47. The number of ether oxygens (including phenoxy) is 1. The van der Waals surface area contributed by atoms with E-state index < -0.39 is 12.4 Å². The van der Waals surface area contributed by atoms with E-state index in [4.69, 9.17) is 4.74 Å². The van der Waals surface area contributed by atoms with Gasteiger partial charge in [0.1, 0.15) is 0 Å². The summed E-state index contributed by atoms with van der Waals surface area (Å²) in [5, 5.41) is 0. The minimum Gasteiger partial charge on any atom is -0.497 e. The third-order valence-electron chi connectivity index (χ3n) is 2.28. The van der Waals surface area contributed by atoms with E-state index >= 15 is 0 Å². The van der Waals surface area contributed by atoms with E-state index in [9.17, 15) is 12.9 Å². The molecule has 0 saturated heterocycles. The Bertz CT molecular complexity index is 331. The molecule has 0 saturated carbocycles. The van der Waals surface area contributed by atoms with E-state index in [0.29, 0.717) is 6.61 Å². The van der Waals surface area contributed by atoms with Crippen LogP contribution in [0.2, 0.25) is 0 Å². The monoisotopic (exact) mass is 270 g/mol. The van der Waals surface area contributed by atoms with Crippen LogP contribution in [0.1, 0.15) is 26.2 Å². The molecule has 1 aromatic carbocycles. The summed E-state index contributed by atoms with van der Waals surface area (Å²) in [7, 11) is 0. The van der Waals surface area contributed by atoms with Crippen molar-refractivity contribution in [2.24, 2.45) is 0 Å². The fourth-order valence-corrected chi connectivity index (χ4v) is 1.42. The third-order valence-corrected chi connectivity index (χ3v) is 2.28. The van der Waals surface area contributed by atoms with Crippen LogP contribution in [-0.4, -0.2) is 13.6 Å². The van der Waals surface area contributed by atoms with Gasteiger partial charge in [0.2, 0.25) is 0 Å². The third kappa shape index (κ3) is 6.29. The summed E-state index contributed by atoms with van der Waals surface area (Å²) < 4.78 is 43.0. The molecule has 0 atom stereocenters. The first-order valence-corrected chi connectivity index (χ1v) is 5.47. The van der Waals surface area contributed by atoms with Crippen molar-refractivity contribution < 1.29 is 69.1 Å². The fraction of sp³-hybridized carbons (Fsp3) is 0.455.